The van der Waals surface area contributed by atoms with Crippen LogP contribution in [0, 0.1) is 5.92 Å². The van der Waals surface area contributed by atoms with Gasteiger partial charge < -0.3 is 10.2 Å². The van der Waals surface area contributed by atoms with Gasteiger partial charge in [-0.05, 0) is 43.6 Å². The van der Waals surface area contributed by atoms with Gasteiger partial charge in [0.25, 0.3) is 0 Å². The lowest BCUT2D eigenvalue weighted by molar-refractivity contribution is 0.201. The Morgan fingerprint density at radius 2 is 2.00 bits per heavy atom. The molecule has 3 heteroatoms. The van der Waals surface area contributed by atoms with Crippen LogP contribution in [0.2, 0.25) is 0 Å². The van der Waals surface area contributed by atoms with Crippen molar-refractivity contribution in [3.8, 4) is 0 Å². The van der Waals surface area contributed by atoms with Crippen molar-refractivity contribution in [2.75, 3.05) is 13.6 Å². The summed E-state index contributed by atoms with van der Waals surface area (Å²) < 4.78 is 0. The van der Waals surface area contributed by atoms with Crippen molar-refractivity contribution in [2.45, 2.75) is 51.5 Å². The fourth-order valence-electron chi connectivity index (χ4n) is 3.05. The molecular weight excluding hydrogens is 260 g/mol. The second-order valence-corrected chi connectivity index (χ2v) is 6.33. The number of hydrogen-bond donors (Lipinski definition) is 1. The molecular formula is C18H28N2O. The minimum Gasteiger partial charge on any atom is -0.335 e. The van der Waals surface area contributed by atoms with Crippen LogP contribution in [-0.4, -0.2) is 30.6 Å². The van der Waals surface area contributed by atoms with Gasteiger partial charge in [0.2, 0.25) is 0 Å². The second-order valence-electron chi connectivity index (χ2n) is 6.33. The average molecular weight is 288 g/mol. The molecule has 3 nitrogen and oxygen atoms in total. The number of hydrogen-bond acceptors (Lipinski definition) is 1. The van der Waals surface area contributed by atoms with Gasteiger partial charge in [-0.1, -0.05) is 43.7 Å². The molecule has 1 aromatic carbocycles. The number of benzene rings is 1. The summed E-state index contributed by atoms with van der Waals surface area (Å²) in [6.45, 7) is 3.07. The third kappa shape index (κ3) is 5.07. The lowest BCUT2D eigenvalue weighted by Gasteiger charge is -2.23. The van der Waals surface area contributed by atoms with Crippen LogP contribution in [0.4, 0.5) is 4.79 Å². The topological polar surface area (TPSA) is 32.3 Å². The van der Waals surface area contributed by atoms with E-state index in [4.69, 9.17) is 0 Å². The predicted octanol–water partition coefficient (Wildman–Crippen LogP) is 3.84. The molecule has 1 aliphatic rings. The van der Waals surface area contributed by atoms with Crippen LogP contribution in [0.1, 0.15) is 44.6 Å². The molecule has 1 aromatic rings. The van der Waals surface area contributed by atoms with E-state index in [2.05, 4.69) is 36.5 Å². The summed E-state index contributed by atoms with van der Waals surface area (Å²) in [5.74, 6) is 0.625. The number of carbonyl (C=O) groups excluding carboxylic acids is 1. The maximum Gasteiger partial charge on any atom is 0.317 e. The first-order valence-electron chi connectivity index (χ1n) is 8.22. The van der Waals surface area contributed by atoms with Crippen molar-refractivity contribution in [3.05, 3.63) is 35.9 Å². The SMILES string of the molecule is CC1CCCC1NC(=O)N(C)CCCCc1ccccc1. The third-order valence-corrected chi connectivity index (χ3v) is 4.57. The van der Waals surface area contributed by atoms with Crippen LogP contribution in [0.15, 0.2) is 30.3 Å². The van der Waals surface area contributed by atoms with Crippen LogP contribution in [0.5, 0.6) is 0 Å². The van der Waals surface area contributed by atoms with E-state index in [0.29, 0.717) is 12.0 Å². The van der Waals surface area contributed by atoms with Crippen molar-refractivity contribution in [1.29, 1.82) is 0 Å². The summed E-state index contributed by atoms with van der Waals surface area (Å²) in [4.78, 5) is 14.0. The number of carbonyl (C=O) groups is 1. The van der Waals surface area contributed by atoms with E-state index in [9.17, 15) is 4.79 Å². The maximum atomic E-state index is 12.1. The first kappa shape index (κ1) is 15.9. The Labute approximate surface area is 128 Å². The molecule has 1 fully saturated rings. The van der Waals surface area contributed by atoms with Gasteiger partial charge in [-0.3, -0.25) is 0 Å². The van der Waals surface area contributed by atoms with Gasteiger partial charge in [0.1, 0.15) is 0 Å². The lowest BCUT2D eigenvalue weighted by Crippen LogP contribution is -2.44. The zero-order chi connectivity index (χ0) is 15.1. The molecule has 0 aliphatic heterocycles. The molecule has 0 saturated heterocycles. The first-order valence-corrected chi connectivity index (χ1v) is 8.22. The number of rotatable bonds is 6. The molecule has 1 saturated carbocycles. The Hall–Kier alpha value is -1.51. The van der Waals surface area contributed by atoms with Crippen LogP contribution in [0.3, 0.4) is 0 Å². The molecule has 1 aliphatic carbocycles. The number of aryl methyl sites for hydroxylation is 1. The van der Waals surface area contributed by atoms with Gasteiger partial charge >= 0.3 is 6.03 Å². The number of urea groups is 1. The molecule has 2 amide bonds. The van der Waals surface area contributed by atoms with E-state index < -0.39 is 0 Å². The van der Waals surface area contributed by atoms with Gasteiger partial charge in [0.05, 0.1) is 0 Å². The summed E-state index contributed by atoms with van der Waals surface area (Å²) in [6.07, 6.45) is 6.89. The highest BCUT2D eigenvalue weighted by molar-refractivity contribution is 5.74. The highest BCUT2D eigenvalue weighted by atomic mass is 16.2. The number of nitrogens with one attached hydrogen (secondary N) is 1. The van der Waals surface area contributed by atoms with Crippen LogP contribution < -0.4 is 5.32 Å². The zero-order valence-electron chi connectivity index (χ0n) is 13.3. The quantitative estimate of drug-likeness (QED) is 0.793. The van der Waals surface area contributed by atoms with E-state index in [0.717, 1.165) is 32.2 Å². The fourth-order valence-corrected chi connectivity index (χ4v) is 3.05. The van der Waals surface area contributed by atoms with Crippen LogP contribution in [-0.2, 0) is 6.42 Å². The highest BCUT2D eigenvalue weighted by Crippen LogP contribution is 2.24. The zero-order valence-corrected chi connectivity index (χ0v) is 13.3. The number of nitrogens with zero attached hydrogens (tertiary/aromatic N) is 1. The monoisotopic (exact) mass is 288 g/mol. The summed E-state index contributed by atoms with van der Waals surface area (Å²) in [6, 6.07) is 11.0. The van der Waals surface area contributed by atoms with Crippen molar-refractivity contribution < 1.29 is 4.79 Å². The standard InChI is InChI=1S/C18H28N2O/c1-15-9-8-13-17(15)19-18(21)20(2)14-7-6-12-16-10-4-3-5-11-16/h3-5,10-11,15,17H,6-9,12-14H2,1-2H3,(H,19,21). The van der Waals surface area contributed by atoms with Gasteiger partial charge in [-0.2, -0.15) is 0 Å². The molecule has 0 aromatic heterocycles. The summed E-state index contributed by atoms with van der Waals surface area (Å²) in [5.41, 5.74) is 1.38. The summed E-state index contributed by atoms with van der Waals surface area (Å²) in [7, 11) is 1.90. The normalized spacial score (nSPS) is 21.2. The van der Waals surface area contributed by atoms with E-state index in [-0.39, 0.29) is 6.03 Å². The van der Waals surface area contributed by atoms with Gasteiger partial charge in [0.15, 0.2) is 0 Å². The van der Waals surface area contributed by atoms with E-state index in [1.54, 1.807) is 0 Å². The van der Waals surface area contributed by atoms with Crippen molar-refractivity contribution in [3.63, 3.8) is 0 Å². The van der Waals surface area contributed by atoms with Crippen LogP contribution in [0.25, 0.3) is 0 Å². The predicted molar refractivity (Wildman–Crippen MR) is 87.3 cm³/mol. The first-order chi connectivity index (χ1) is 10.2. The van der Waals surface area contributed by atoms with E-state index >= 15 is 0 Å². The molecule has 0 radical (unpaired) electrons. The Morgan fingerprint density at radius 1 is 1.24 bits per heavy atom. The second kappa shape index (κ2) is 8.06. The lowest BCUT2D eigenvalue weighted by atomic mass is 10.1. The van der Waals surface area contributed by atoms with Gasteiger partial charge in [0, 0.05) is 19.6 Å². The summed E-state index contributed by atoms with van der Waals surface area (Å²) >= 11 is 0. The van der Waals surface area contributed by atoms with Gasteiger partial charge in [-0.15, -0.1) is 0 Å². The molecule has 21 heavy (non-hydrogen) atoms. The Kier molecular flexibility index (Phi) is 6.09. The average Bonchev–Trinajstić information content (AvgIpc) is 2.89. The number of amides is 2. The van der Waals surface area contributed by atoms with E-state index in [1.807, 2.05) is 18.0 Å². The molecule has 1 N–H and O–H groups in total. The number of unbranched alkanes of at least 4 members (excludes halogenated alkanes) is 1. The molecule has 0 heterocycles. The summed E-state index contributed by atoms with van der Waals surface area (Å²) in [5, 5.41) is 3.17. The molecule has 0 bridgehead atoms. The molecule has 2 atom stereocenters. The molecule has 116 valence electrons. The Morgan fingerprint density at radius 3 is 2.67 bits per heavy atom. The van der Waals surface area contributed by atoms with Gasteiger partial charge in [-0.25, -0.2) is 4.79 Å². The molecule has 0 spiro atoms. The largest absolute Gasteiger partial charge is 0.335 e. The minimum absolute atomic E-state index is 0.0912. The van der Waals surface area contributed by atoms with Crippen molar-refractivity contribution in [2.24, 2.45) is 5.92 Å². The smallest absolute Gasteiger partial charge is 0.317 e. The third-order valence-electron chi connectivity index (χ3n) is 4.57. The van der Waals surface area contributed by atoms with E-state index in [1.165, 1.54) is 18.4 Å². The van der Waals surface area contributed by atoms with Crippen LogP contribution >= 0.6 is 0 Å². The Balaban J connectivity index is 1.62. The molecule has 2 rings (SSSR count). The molecule has 2 unspecified atom stereocenters. The maximum absolute atomic E-state index is 12.1. The van der Waals surface area contributed by atoms with Crippen molar-refractivity contribution >= 4 is 6.03 Å². The fraction of sp³-hybridized carbons (Fsp3) is 0.611. The van der Waals surface area contributed by atoms with Crippen molar-refractivity contribution in [1.82, 2.24) is 10.2 Å². The highest BCUT2D eigenvalue weighted by Gasteiger charge is 2.25. The minimum atomic E-state index is 0.0912. The Bertz CT molecular complexity index is 432.